The smallest absolute Gasteiger partial charge is 0.311 e. The predicted octanol–water partition coefficient (Wildman–Crippen LogP) is 4.16. The number of unbranched alkanes of at least 4 members (excludes halogenated alkanes) is 4. The first-order valence-corrected chi connectivity index (χ1v) is 6.95. The molecule has 3 nitrogen and oxygen atoms in total. The van der Waals surface area contributed by atoms with Gasteiger partial charge in [0, 0.05) is 12.0 Å². The summed E-state index contributed by atoms with van der Waals surface area (Å²) in [5.41, 5.74) is 0.563. The lowest BCUT2D eigenvalue weighted by Gasteiger charge is -2.05. The van der Waals surface area contributed by atoms with Crippen LogP contribution in [0.5, 0.6) is 5.75 Å². The summed E-state index contributed by atoms with van der Waals surface area (Å²) in [4.78, 5) is 22.8. The molecule has 0 spiro atoms. The molecule has 1 rings (SSSR count). The third-order valence-electron chi connectivity index (χ3n) is 2.96. The number of esters is 1. The zero-order chi connectivity index (χ0) is 14.1. The maximum absolute atomic E-state index is 11.6. The van der Waals surface area contributed by atoms with Crippen molar-refractivity contribution in [2.45, 2.75) is 52.4 Å². The van der Waals surface area contributed by atoms with E-state index >= 15 is 0 Å². The molecule has 0 aliphatic rings. The van der Waals surface area contributed by atoms with Gasteiger partial charge < -0.3 is 4.74 Å². The summed E-state index contributed by atoms with van der Waals surface area (Å²) in [5, 5.41) is 0. The minimum absolute atomic E-state index is 0.0301. The Balaban J connectivity index is 2.35. The van der Waals surface area contributed by atoms with Crippen molar-refractivity contribution in [2.24, 2.45) is 0 Å². The van der Waals surface area contributed by atoms with Gasteiger partial charge in [-0.1, -0.05) is 44.7 Å². The second-order valence-electron chi connectivity index (χ2n) is 4.72. The summed E-state index contributed by atoms with van der Waals surface area (Å²) in [5.74, 6) is 0.195. The Hall–Kier alpha value is -1.64. The molecule has 0 atom stereocenters. The Morgan fingerprint density at radius 1 is 1.11 bits per heavy atom. The number of rotatable bonds is 8. The van der Waals surface area contributed by atoms with Gasteiger partial charge in [-0.25, -0.2) is 0 Å². The average molecular weight is 262 g/mol. The van der Waals surface area contributed by atoms with Crippen LogP contribution in [0.4, 0.5) is 0 Å². The van der Waals surface area contributed by atoms with Crippen LogP contribution >= 0.6 is 0 Å². The van der Waals surface area contributed by atoms with Crippen molar-refractivity contribution in [3.63, 3.8) is 0 Å². The number of ketones is 1. The standard InChI is InChI=1S/C16H22O3/c1-3-4-5-6-7-11-16(18)19-15-10-8-9-14(12-15)13(2)17/h8-10,12H,3-7,11H2,1-2H3. The van der Waals surface area contributed by atoms with Crippen LogP contribution in [-0.4, -0.2) is 11.8 Å². The molecule has 0 radical (unpaired) electrons. The Morgan fingerprint density at radius 3 is 2.53 bits per heavy atom. The van der Waals surface area contributed by atoms with E-state index in [0.29, 0.717) is 17.7 Å². The number of carbonyl (C=O) groups excluding carboxylic acids is 2. The quantitative estimate of drug-likeness (QED) is 0.306. The first kappa shape index (κ1) is 15.4. The first-order valence-electron chi connectivity index (χ1n) is 6.95. The van der Waals surface area contributed by atoms with E-state index in [1.165, 1.54) is 26.2 Å². The largest absolute Gasteiger partial charge is 0.427 e. The lowest BCUT2D eigenvalue weighted by Crippen LogP contribution is -2.08. The van der Waals surface area contributed by atoms with E-state index in [2.05, 4.69) is 6.92 Å². The van der Waals surface area contributed by atoms with Gasteiger partial charge in [-0.15, -0.1) is 0 Å². The van der Waals surface area contributed by atoms with Crippen molar-refractivity contribution < 1.29 is 14.3 Å². The van der Waals surface area contributed by atoms with Gasteiger partial charge in [-0.3, -0.25) is 9.59 Å². The summed E-state index contributed by atoms with van der Waals surface area (Å²) >= 11 is 0. The second-order valence-corrected chi connectivity index (χ2v) is 4.72. The fourth-order valence-electron chi connectivity index (χ4n) is 1.83. The van der Waals surface area contributed by atoms with Crippen LogP contribution in [-0.2, 0) is 4.79 Å². The number of Topliss-reactive ketones (excluding diaryl/α,β-unsaturated/α-hetero) is 1. The molecule has 0 fully saturated rings. The molecule has 0 unspecified atom stereocenters. The Labute approximate surface area is 115 Å². The van der Waals surface area contributed by atoms with Crippen LogP contribution < -0.4 is 4.74 Å². The van der Waals surface area contributed by atoms with Crippen LogP contribution in [0, 0.1) is 0 Å². The van der Waals surface area contributed by atoms with Gasteiger partial charge in [0.05, 0.1) is 0 Å². The summed E-state index contributed by atoms with van der Waals surface area (Å²) < 4.78 is 5.22. The SMILES string of the molecule is CCCCCCCC(=O)Oc1cccc(C(C)=O)c1. The molecule has 0 heterocycles. The normalized spacial score (nSPS) is 10.2. The Bertz CT molecular complexity index is 424. The number of hydrogen-bond acceptors (Lipinski definition) is 3. The molecule has 0 bridgehead atoms. The monoisotopic (exact) mass is 262 g/mol. The second kappa shape index (κ2) is 8.46. The van der Waals surface area contributed by atoms with E-state index in [0.717, 1.165) is 12.8 Å². The van der Waals surface area contributed by atoms with Gasteiger partial charge in [0.15, 0.2) is 5.78 Å². The van der Waals surface area contributed by atoms with Crippen molar-refractivity contribution in [3.8, 4) is 5.75 Å². The van der Waals surface area contributed by atoms with Crippen molar-refractivity contribution in [3.05, 3.63) is 29.8 Å². The molecule has 0 saturated carbocycles. The zero-order valence-electron chi connectivity index (χ0n) is 11.8. The first-order chi connectivity index (χ1) is 9.13. The number of carbonyl (C=O) groups is 2. The highest BCUT2D eigenvalue weighted by molar-refractivity contribution is 5.94. The van der Waals surface area contributed by atoms with Crippen LogP contribution in [0.15, 0.2) is 24.3 Å². The topological polar surface area (TPSA) is 43.4 Å². The van der Waals surface area contributed by atoms with Gasteiger partial charge in [0.1, 0.15) is 5.75 Å². The molecule has 3 heteroatoms. The molecule has 104 valence electrons. The molecule has 0 aliphatic heterocycles. The number of ether oxygens (including phenoxy) is 1. The molecule has 1 aromatic carbocycles. The minimum Gasteiger partial charge on any atom is -0.427 e. The van der Waals surface area contributed by atoms with Gasteiger partial charge >= 0.3 is 5.97 Å². The van der Waals surface area contributed by atoms with E-state index in [4.69, 9.17) is 4.74 Å². The van der Waals surface area contributed by atoms with Crippen molar-refractivity contribution in [1.29, 1.82) is 0 Å². The predicted molar refractivity (Wildman–Crippen MR) is 75.5 cm³/mol. The van der Waals surface area contributed by atoms with E-state index in [9.17, 15) is 9.59 Å². The van der Waals surface area contributed by atoms with Gasteiger partial charge in [-0.2, -0.15) is 0 Å². The maximum Gasteiger partial charge on any atom is 0.311 e. The average Bonchev–Trinajstić information content (AvgIpc) is 2.38. The third-order valence-corrected chi connectivity index (χ3v) is 2.96. The van der Waals surface area contributed by atoms with Crippen LogP contribution in [0.3, 0.4) is 0 Å². The molecule has 1 aromatic rings. The molecule has 0 N–H and O–H groups in total. The number of hydrogen-bond donors (Lipinski definition) is 0. The van der Waals surface area contributed by atoms with E-state index in [1.54, 1.807) is 24.3 Å². The molecule has 0 saturated heterocycles. The summed E-state index contributed by atoms with van der Waals surface area (Å²) in [6.07, 6.45) is 5.96. The van der Waals surface area contributed by atoms with Crippen LogP contribution in [0.1, 0.15) is 62.7 Å². The van der Waals surface area contributed by atoms with Crippen molar-refractivity contribution in [1.82, 2.24) is 0 Å². The highest BCUT2D eigenvalue weighted by Crippen LogP contribution is 2.15. The maximum atomic E-state index is 11.6. The lowest BCUT2D eigenvalue weighted by atomic mass is 10.1. The Kier molecular flexibility index (Phi) is 6.86. The summed E-state index contributed by atoms with van der Waals surface area (Å²) in [6, 6.07) is 6.74. The summed E-state index contributed by atoms with van der Waals surface area (Å²) in [6.45, 7) is 3.66. The molecule has 0 amide bonds. The fourth-order valence-corrected chi connectivity index (χ4v) is 1.83. The third kappa shape index (κ3) is 6.18. The van der Waals surface area contributed by atoms with E-state index in [-0.39, 0.29) is 11.8 Å². The van der Waals surface area contributed by atoms with Crippen molar-refractivity contribution in [2.75, 3.05) is 0 Å². The van der Waals surface area contributed by atoms with E-state index in [1.807, 2.05) is 0 Å². The van der Waals surface area contributed by atoms with E-state index < -0.39 is 0 Å². The van der Waals surface area contributed by atoms with Crippen LogP contribution in [0.2, 0.25) is 0 Å². The molecular weight excluding hydrogens is 240 g/mol. The number of benzene rings is 1. The molecular formula is C16H22O3. The van der Waals surface area contributed by atoms with Crippen molar-refractivity contribution >= 4 is 11.8 Å². The minimum atomic E-state index is -0.225. The summed E-state index contributed by atoms with van der Waals surface area (Å²) in [7, 11) is 0. The Morgan fingerprint density at radius 2 is 1.84 bits per heavy atom. The molecule has 0 aliphatic carbocycles. The highest BCUT2D eigenvalue weighted by atomic mass is 16.5. The zero-order valence-corrected chi connectivity index (χ0v) is 11.8. The fraction of sp³-hybridized carbons (Fsp3) is 0.500. The lowest BCUT2D eigenvalue weighted by molar-refractivity contribution is -0.134. The molecule has 19 heavy (non-hydrogen) atoms. The van der Waals surface area contributed by atoms with Crippen LogP contribution in [0.25, 0.3) is 0 Å². The van der Waals surface area contributed by atoms with Gasteiger partial charge in [0.25, 0.3) is 0 Å². The molecule has 0 aromatic heterocycles. The highest BCUT2D eigenvalue weighted by Gasteiger charge is 2.06. The van der Waals surface area contributed by atoms with Gasteiger partial charge in [-0.05, 0) is 25.5 Å². The van der Waals surface area contributed by atoms with Gasteiger partial charge in [0.2, 0.25) is 0 Å².